The molecule has 0 spiro atoms. The first-order valence-electron chi connectivity index (χ1n) is 7.72. The molecule has 0 aromatic heterocycles. The minimum Gasteiger partial charge on any atom is -0.456 e. The molecule has 0 unspecified atom stereocenters. The van der Waals surface area contributed by atoms with Crippen molar-refractivity contribution in [3.8, 4) is 0 Å². The smallest absolute Gasteiger partial charge is 0.303 e. The molecule has 2 aliphatic heterocycles. The van der Waals surface area contributed by atoms with Gasteiger partial charge in [0.15, 0.2) is 11.9 Å². The summed E-state index contributed by atoms with van der Waals surface area (Å²) in [5, 5.41) is 0. The van der Waals surface area contributed by atoms with Crippen LogP contribution in [-0.4, -0.2) is 42.1 Å². The number of esters is 1. The Bertz CT molecular complexity index is 571. The number of aryl methyl sites for hydroxylation is 1. The van der Waals surface area contributed by atoms with Crippen molar-refractivity contribution in [2.75, 3.05) is 6.61 Å². The predicted molar refractivity (Wildman–Crippen MR) is 86.2 cm³/mol. The summed E-state index contributed by atoms with van der Waals surface area (Å²) >= 11 is 1.54. The Labute approximate surface area is 140 Å². The number of thioether (sulfide) groups is 1. The van der Waals surface area contributed by atoms with Gasteiger partial charge in [-0.05, 0) is 32.9 Å². The number of carbonyl (C=O) groups excluding carboxylic acids is 1. The molecule has 3 rings (SSSR count). The van der Waals surface area contributed by atoms with E-state index in [0.29, 0.717) is 6.61 Å². The zero-order valence-corrected chi connectivity index (χ0v) is 14.6. The van der Waals surface area contributed by atoms with Gasteiger partial charge in [-0.2, -0.15) is 0 Å². The molecule has 126 valence electrons. The largest absolute Gasteiger partial charge is 0.456 e. The molecular weight excluding hydrogens is 316 g/mol. The first-order chi connectivity index (χ1) is 10.8. The Hall–Kier alpha value is -1.08. The minimum atomic E-state index is -0.694. The van der Waals surface area contributed by atoms with Crippen molar-refractivity contribution in [3.63, 3.8) is 0 Å². The molecule has 2 aliphatic rings. The monoisotopic (exact) mass is 338 g/mol. The molecular formula is C17H22O5S. The summed E-state index contributed by atoms with van der Waals surface area (Å²) in [5.74, 6) is -1.04. The lowest BCUT2D eigenvalue weighted by atomic mass is 10.1. The molecule has 0 aliphatic carbocycles. The van der Waals surface area contributed by atoms with E-state index in [2.05, 4.69) is 0 Å². The Morgan fingerprint density at radius 3 is 2.61 bits per heavy atom. The molecule has 0 saturated carbocycles. The van der Waals surface area contributed by atoms with Crippen molar-refractivity contribution in [1.29, 1.82) is 0 Å². The average Bonchev–Trinajstić information content (AvgIpc) is 2.78. The average molecular weight is 338 g/mol. The van der Waals surface area contributed by atoms with Crippen LogP contribution in [0.5, 0.6) is 0 Å². The van der Waals surface area contributed by atoms with Crippen molar-refractivity contribution in [3.05, 3.63) is 29.8 Å². The van der Waals surface area contributed by atoms with Crippen LogP contribution in [0.1, 0.15) is 26.3 Å². The van der Waals surface area contributed by atoms with Crippen molar-refractivity contribution >= 4 is 17.7 Å². The third-order valence-electron chi connectivity index (χ3n) is 3.81. The maximum Gasteiger partial charge on any atom is 0.303 e. The van der Waals surface area contributed by atoms with Crippen LogP contribution in [0.25, 0.3) is 0 Å². The number of rotatable bonds is 3. The second kappa shape index (κ2) is 6.43. The van der Waals surface area contributed by atoms with Gasteiger partial charge < -0.3 is 18.9 Å². The maximum atomic E-state index is 11.5. The van der Waals surface area contributed by atoms with E-state index < -0.39 is 11.9 Å². The fourth-order valence-corrected chi connectivity index (χ4v) is 3.93. The van der Waals surface area contributed by atoms with Gasteiger partial charge in [0.1, 0.15) is 17.6 Å². The first kappa shape index (κ1) is 16.8. The fourth-order valence-electron chi connectivity index (χ4n) is 2.88. The fraction of sp³-hybridized carbons (Fsp3) is 0.588. The Morgan fingerprint density at radius 2 is 1.96 bits per heavy atom. The number of carbonyl (C=O) groups is 1. The van der Waals surface area contributed by atoms with Crippen LogP contribution in [0.2, 0.25) is 0 Å². The molecule has 2 fully saturated rings. The normalized spacial score (nSPS) is 32.3. The van der Waals surface area contributed by atoms with Gasteiger partial charge >= 0.3 is 5.97 Å². The molecule has 0 amide bonds. The summed E-state index contributed by atoms with van der Waals surface area (Å²) in [4.78, 5) is 12.6. The Morgan fingerprint density at radius 1 is 1.26 bits per heavy atom. The van der Waals surface area contributed by atoms with Crippen LogP contribution in [0.15, 0.2) is 29.2 Å². The van der Waals surface area contributed by atoms with Gasteiger partial charge in [-0.3, -0.25) is 4.79 Å². The van der Waals surface area contributed by atoms with Crippen LogP contribution in [0.4, 0.5) is 0 Å². The third kappa shape index (κ3) is 3.88. The third-order valence-corrected chi connectivity index (χ3v) is 4.99. The molecule has 1 aromatic rings. The number of hydrogen-bond acceptors (Lipinski definition) is 6. The maximum absolute atomic E-state index is 11.5. The van der Waals surface area contributed by atoms with Gasteiger partial charge in [-0.15, -0.1) is 0 Å². The topological polar surface area (TPSA) is 54.0 Å². The highest BCUT2D eigenvalue weighted by atomic mass is 32.2. The van der Waals surface area contributed by atoms with Crippen molar-refractivity contribution in [2.24, 2.45) is 0 Å². The van der Waals surface area contributed by atoms with Crippen LogP contribution >= 0.6 is 11.8 Å². The highest BCUT2D eigenvalue weighted by Crippen LogP contribution is 2.40. The van der Waals surface area contributed by atoms with Gasteiger partial charge in [0.25, 0.3) is 0 Å². The van der Waals surface area contributed by atoms with E-state index in [0.717, 1.165) is 4.90 Å². The molecule has 6 heteroatoms. The molecule has 0 bridgehead atoms. The summed E-state index contributed by atoms with van der Waals surface area (Å²) < 4.78 is 23.2. The summed E-state index contributed by atoms with van der Waals surface area (Å²) in [7, 11) is 0. The number of ether oxygens (including phenoxy) is 4. The number of fused-ring (bicyclic) bond motifs is 1. The molecule has 5 nitrogen and oxygen atoms in total. The second-order valence-corrected chi connectivity index (χ2v) is 7.52. The summed E-state index contributed by atoms with van der Waals surface area (Å²) in [6, 6.07) is 8.17. The lowest BCUT2D eigenvalue weighted by Crippen LogP contribution is -2.52. The van der Waals surface area contributed by atoms with E-state index in [1.54, 1.807) is 0 Å². The van der Waals surface area contributed by atoms with Crippen molar-refractivity contribution in [2.45, 2.75) is 62.1 Å². The van der Waals surface area contributed by atoms with E-state index in [1.165, 1.54) is 24.2 Å². The Balaban J connectivity index is 1.78. The molecule has 23 heavy (non-hydrogen) atoms. The molecule has 0 radical (unpaired) electrons. The summed E-state index contributed by atoms with van der Waals surface area (Å²) in [6.45, 7) is 7.59. The molecule has 0 N–H and O–H groups in total. The summed E-state index contributed by atoms with van der Waals surface area (Å²) in [6.07, 6.45) is -1.03. The SMILES string of the molecule is CC(=O)O[C@@H]1[C@H]2OC(C)(C)O[C@H]2CO[C@H]1Sc1ccc(C)cc1. The molecule has 1 aromatic carbocycles. The van der Waals surface area contributed by atoms with Gasteiger partial charge in [0, 0.05) is 11.8 Å². The van der Waals surface area contributed by atoms with E-state index in [9.17, 15) is 4.79 Å². The first-order valence-corrected chi connectivity index (χ1v) is 8.60. The zero-order valence-electron chi connectivity index (χ0n) is 13.8. The van der Waals surface area contributed by atoms with Gasteiger partial charge in [0.05, 0.1) is 6.61 Å². The zero-order chi connectivity index (χ0) is 16.6. The van der Waals surface area contributed by atoms with Crippen molar-refractivity contribution in [1.82, 2.24) is 0 Å². The predicted octanol–water partition coefficient (Wildman–Crippen LogP) is 2.90. The van der Waals surface area contributed by atoms with E-state index >= 15 is 0 Å². The van der Waals surface area contributed by atoms with Crippen LogP contribution < -0.4 is 0 Å². The standard InChI is InChI=1S/C17H22O5S/c1-10-5-7-12(8-6-10)23-16-15(20-11(2)18)14-13(9-19-16)21-17(3,4)22-14/h5-8,13-16H,9H2,1-4H3/t13-,14-,15+,16-/m0/s1. The highest BCUT2D eigenvalue weighted by Gasteiger charge is 2.52. The van der Waals surface area contributed by atoms with Gasteiger partial charge in [-0.1, -0.05) is 29.5 Å². The lowest BCUT2D eigenvalue weighted by Gasteiger charge is -2.36. The van der Waals surface area contributed by atoms with Crippen LogP contribution in [0, 0.1) is 6.92 Å². The molecule has 2 heterocycles. The minimum absolute atomic E-state index is 0.218. The van der Waals surface area contributed by atoms with E-state index in [-0.39, 0.29) is 23.6 Å². The number of hydrogen-bond donors (Lipinski definition) is 0. The number of benzene rings is 1. The van der Waals surface area contributed by atoms with E-state index in [1.807, 2.05) is 45.0 Å². The second-order valence-electron chi connectivity index (χ2n) is 6.35. The summed E-state index contributed by atoms with van der Waals surface area (Å²) in [5.41, 5.74) is 0.880. The highest BCUT2D eigenvalue weighted by molar-refractivity contribution is 7.99. The molecule has 4 atom stereocenters. The van der Waals surface area contributed by atoms with Crippen molar-refractivity contribution < 1.29 is 23.7 Å². The quantitative estimate of drug-likeness (QED) is 0.790. The van der Waals surface area contributed by atoms with Gasteiger partial charge in [0.2, 0.25) is 0 Å². The van der Waals surface area contributed by atoms with E-state index in [4.69, 9.17) is 18.9 Å². The van der Waals surface area contributed by atoms with Crippen LogP contribution in [0.3, 0.4) is 0 Å². The van der Waals surface area contributed by atoms with Gasteiger partial charge in [-0.25, -0.2) is 0 Å². The van der Waals surface area contributed by atoms with Crippen LogP contribution in [-0.2, 0) is 23.7 Å². The Kier molecular flexibility index (Phi) is 4.69. The lowest BCUT2D eigenvalue weighted by molar-refractivity contribution is -0.177. The molecule has 2 saturated heterocycles.